The second-order valence-electron chi connectivity index (χ2n) is 5.10. The molecule has 18 heavy (non-hydrogen) atoms. The number of hydrogen-bond donors (Lipinski definition) is 0. The zero-order valence-electron chi connectivity index (χ0n) is 11.2. The van der Waals surface area contributed by atoms with Crippen molar-refractivity contribution in [1.82, 2.24) is 0 Å². The van der Waals surface area contributed by atoms with Crippen molar-refractivity contribution in [3.05, 3.63) is 28.8 Å². The molecule has 0 heterocycles. The van der Waals surface area contributed by atoms with Gasteiger partial charge in [-0.25, -0.2) is 4.79 Å². The predicted molar refractivity (Wildman–Crippen MR) is 70.7 cm³/mol. The number of hydrogen-bond acceptors (Lipinski definition) is 3. The van der Waals surface area contributed by atoms with Crippen molar-refractivity contribution >= 4 is 6.08 Å². The topological polar surface area (TPSA) is 38.7 Å². The van der Waals surface area contributed by atoms with E-state index >= 15 is 0 Å². The predicted octanol–water partition coefficient (Wildman–Crippen LogP) is 3.42. The van der Waals surface area contributed by atoms with Crippen LogP contribution >= 0.6 is 0 Å². The number of aliphatic imine (C=N–C) groups is 1. The average Bonchev–Trinajstić information content (AvgIpc) is 2.78. The Labute approximate surface area is 108 Å². The Morgan fingerprint density at radius 2 is 1.94 bits per heavy atom. The molecule has 1 fully saturated rings. The normalized spacial score (nSPS) is 17.3. The Morgan fingerprint density at radius 3 is 2.50 bits per heavy atom. The molecule has 1 aliphatic rings. The van der Waals surface area contributed by atoms with Crippen LogP contribution in [0.15, 0.2) is 17.1 Å². The van der Waals surface area contributed by atoms with Crippen molar-refractivity contribution < 1.29 is 9.53 Å². The summed E-state index contributed by atoms with van der Waals surface area (Å²) in [6.45, 7) is 4.09. The SMILES string of the molecule is COc1c(C)cc(C)cc1C1(N=C=O)CCCC1. The van der Waals surface area contributed by atoms with Gasteiger partial charge in [0.2, 0.25) is 6.08 Å². The second kappa shape index (κ2) is 4.95. The first kappa shape index (κ1) is 12.8. The van der Waals surface area contributed by atoms with Crippen LogP contribution < -0.4 is 4.74 Å². The average molecular weight is 245 g/mol. The zero-order chi connectivity index (χ0) is 13.2. The Hall–Kier alpha value is -1.60. The van der Waals surface area contributed by atoms with Gasteiger partial charge in [0.15, 0.2) is 0 Å². The van der Waals surface area contributed by atoms with Crippen LogP contribution in [0.4, 0.5) is 0 Å². The molecular formula is C15H19NO2. The van der Waals surface area contributed by atoms with Gasteiger partial charge < -0.3 is 4.74 Å². The highest BCUT2D eigenvalue weighted by molar-refractivity contribution is 5.50. The number of ether oxygens (including phenoxy) is 1. The monoisotopic (exact) mass is 245 g/mol. The van der Waals surface area contributed by atoms with Crippen LogP contribution in [0.3, 0.4) is 0 Å². The van der Waals surface area contributed by atoms with Crippen LogP contribution in [-0.2, 0) is 10.3 Å². The summed E-state index contributed by atoms with van der Waals surface area (Å²) in [5.41, 5.74) is 2.91. The minimum absolute atomic E-state index is 0.413. The maximum atomic E-state index is 10.8. The highest BCUT2D eigenvalue weighted by atomic mass is 16.5. The van der Waals surface area contributed by atoms with E-state index < -0.39 is 5.54 Å². The Kier molecular flexibility index (Phi) is 3.53. The van der Waals surface area contributed by atoms with E-state index in [0.717, 1.165) is 42.6 Å². The molecule has 2 rings (SSSR count). The van der Waals surface area contributed by atoms with Crippen LogP contribution in [0.25, 0.3) is 0 Å². The molecule has 0 unspecified atom stereocenters. The van der Waals surface area contributed by atoms with Crippen molar-refractivity contribution in [2.24, 2.45) is 4.99 Å². The molecule has 0 saturated heterocycles. The van der Waals surface area contributed by atoms with Crippen molar-refractivity contribution in [3.8, 4) is 5.75 Å². The van der Waals surface area contributed by atoms with Crippen molar-refractivity contribution in [3.63, 3.8) is 0 Å². The number of benzene rings is 1. The third-order valence-corrected chi connectivity index (χ3v) is 3.81. The quantitative estimate of drug-likeness (QED) is 0.604. The largest absolute Gasteiger partial charge is 0.496 e. The first-order valence-electron chi connectivity index (χ1n) is 6.38. The van der Waals surface area contributed by atoms with Gasteiger partial charge in [-0.1, -0.05) is 24.5 Å². The lowest BCUT2D eigenvalue weighted by atomic mass is 9.86. The highest BCUT2D eigenvalue weighted by Crippen LogP contribution is 2.46. The third-order valence-electron chi connectivity index (χ3n) is 3.81. The molecule has 1 aromatic rings. The van der Waals surface area contributed by atoms with Crippen molar-refractivity contribution in [2.45, 2.75) is 45.1 Å². The van der Waals surface area contributed by atoms with Gasteiger partial charge in [0.1, 0.15) is 11.3 Å². The number of methoxy groups -OCH3 is 1. The summed E-state index contributed by atoms with van der Waals surface area (Å²) < 4.78 is 5.53. The summed E-state index contributed by atoms with van der Waals surface area (Å²) in [4.78, 5) is 14.9. The standard InChI is InChI=1S/C15H19NO2/c1-11-8-12(2)14(18-3)13(9-11)15(16-10-17)6-4-5-7-15/h8-9H,4-7H2,1-3H3. The zero-order valence-corrected chi connectivity index (χ0v) is 11.2. The Morgan fingerprint density at radius 1 is 1.28 bits per heavy atom. The second-order valence-corrected chi connectivity index (χ2v) is 5.10. The number of aryl methyl sites for hydroxylation is 2. The molecule has 1 aromatic carbocycles. The summed E-state index contributed by atoms with van der Waals surface area (Å²) >= 11 is 0. The summed E-state index contributed by atoms with van der Waals surface area (Å²) in [5, 5.41) is 0. The lowest BCUT2D eigenvalue weighted by Crippen LogP contribution is -2.20. The molecule has 0 spiro atoms. The van der Waals surface area contributed by atoms with E-state index in [1.54, 1.807) is 13.2 Å². The lowest BCUT2D eigenvalue weighted by molar-refractivity contribution is 0.376. The first-order chi connectivity index (χ1) is 8.63. The van der Waals surface area contributed by atoms with Gasteiger partial charge in [-0.05, 0) is 38.3 Å². The lowest BCUT2D eigenvalue weighted by Gasteiger charge is -2.26. The van der Waals surface area contributed by atoms with Gasteiger partial charge in [0, 0.05) is 5.56 Å². The highest BCUT2D eigenvalue weighted by Gasteiger charge is 2.38. The maximum Gasteiger partial charge on any atom is 0.235 e. The molecule has 3 heteroatoms. The molecule has 96 valence electrons. The fourth-order valence-electron chi connectivity index (χ4n) is 3.06. The summed E-state index contributed by atoms with van der Waals surface area (Å²) in [7, 11) is 1.68. The molecule has 1 aliphatic carbocycles. The van der Waals surface area contributed by atoms with Crippen LogP contribution in [0.2, 0.25) is 0 Å². The summed E-state index contributed by atoms with van der Waals surface area (Å²) in [5.74, 6) is 0.863. The molecule has 0 aliphatic heterocycles. The van der Waals surface area contributed by atoms with Gasteiger partial charge >= 0.3 is 0 Å². The molecule has 3 nitrogen and oxygen atoms in total. The molecule has 0 bridgehead atoms. The van der Waals surface area contributed by atoms with Gasteiger partial charge in [-0.2, -0.15) is 4.99 Å². The molecular weight excluding hydrogens is 226 g/mol. The number of rotatable bonds is 3. The van der Waals surface area contributed by atoms with Crippen LogP contribution in [-0.4, -0.2) is 13.2 Å². The van der Waals surface area contributed by atoms with Crippen LogP contribution in [0, 0.1) is 13.8 Å². The fraction of sp³-hybridized carbons (Fsp3) is 0.533. The minimum atomic E-state index is -0.413. The minimum Gasteiger partial charge on any atom is -0.496 e. The molecule has 0 radical (unpaired) electrons. The van der Waals surface area contributed by atoms with Gasteiger partial charge in [-0.15, -0.1) is 0 Å². The van der Waals surface area contributed by atoms with E-state index in [9.17, 15) is 4.79 Å². The maximum absolute atomic E-state index is 10.8. The Balaban J connectivity index is 2.64. The molecule has 1 saturated carbocycles. The Bertz CT molecular complexity index is 495. The molecule has 0 atom stereocenters. The van der Waals surface area contributed by atoms with E-state index in [2.05, 4.69) is 24.0 Å². The van der Waals surface area contributed by atoms with Crippen molar-refractivity contribution in [2.75, 3.05) is 7.11 Å². The third kappa shape index (κ3) is 2.06. The van der Waals surface area contributed by atoms with E-state index in [-0.39, 0.29) is 0 Å². The van der Waals surface area contributed by atoms with E-state index in [4.69, 9.17) is 4.74 Å². The summed E-state index contributed by atoms with van der Waals surface area (Å²) in [6, 6.07) is 4.19. The molecule has 0 N–H and O–H groups in total. The van der Waals surface area contributed by atoms with E-state index in [1.807, 2.05) is 6.92 Å². The number of carbonyl (C=O) groups excluding carboxylic acids is 1. The first-order valence-corrected chi connectivity index (χ1v) is 6.38. The van der Waals surface area contributed by atoms with Gasteiger partial charge in [0.05, 0.1) is 7.11 Å². The van der Waals surface area contributed by atoms with Gasteiger partial charge in [-0.3, -0.25) is 0 Å². The van der Waals surface area contributed by atoms with Crippen molar-refractivity contribution in [1.29, 1.82) is 0 Å². The van der Waals surface area contributed by atoms with Crippen LogP contribution in [0.5, 0.6) is 5.75 Å². The number of isocyanates is 1. The van der Waals surface area contributed by atoms with E-state index in [0.29, 0.717) is 0 Å². The molecule has 0 amide bonds. The van der Waals surface area contributed by atoms with Crippen LogP contribution in [0.1, 0.15) is 42.4 Å². The smallest absolute Gasteiger partial charge is 0.235 e. The van der Waals surface area contributed by atoms with E-state index in [1.165, 1.54) is 5.56 Å². The number of nitrogens with zero attached hydrogens (tertiary/aromatic N) is 1. The summed E-state index contributed by atoms with van der Waals surface area (Å²) in [6.07, 6.45) is 5.76. The fourth-order valence-corrected chi connectivity index (χ4v) is 3.06. The van der Waals surface area contributed by atoms with Gasteiger partial charge in [0.25, 0.3) is 0 Å². The molecule has 0 aromatic heterocycles.